The highest BCUT2D eigenvalue weighted by atomic mass is 79.9. The zero-order chi connectivity index (χ0) is 9.84. The van der Waals surface area contributed by atoms with Crippen molar-refractivity contribution in [3.63, 3.8) is 0 Å². The van der Waals surface area contributed by atoms with Crippen molar-refractivity contribution < 1.29 is 4.39 Å². The fourth-order valence-corrected chi connectivity index (χ4v) is 1.56. The van der Waals surface area contributed by atoms with E-state index in [0.717, 1.165) is 18.4 Å². The molecular weight excluding hydrogens is 233 g/mol. The van der Waals surface area contributed by atoms with Crippen molar-refractivity contribution in [3.8, 4) is 0 Å². The van der Waals surface area contributed by atoms with Crippen LogP contribution in [0.15, 0.2) is 22.7 Å². The monoisotopic (exact) mass is 245 g/mol. The molecule has 1 rings (SSSR count). The fraction of sp³-hybridized carbons (Fsp3) is 0.400. The van der Waals surface area contributed by atoms with Gasteiger partial charge in [-0.3, -0.25) is 0 Å². The number of hydrogen-bond acceptors (Lipinski definition) is 1. The second kappa shape index (κ2) is 4.72. The Morgan fingerprint density at radius 3 is 2.85 bits per heavy atom. The standard InChI is InChI=1S/C10H13BrFN/c1-2-8(13)6-7-4-3-5-9(12)10(7)11/h3-5,8H,2,6,13H2,1H3. The van der Waals surface area contributed by atoms with Gasteiger partial charge in [0, 0.05) is 6.04 Å². The summed E-state index contributed by atoms with van der Waals surface area (Å²) in [6.45, 7) is 2.03. The molecule has 0 aliphatic carbocycles. The van der Waals surface area contributed by atoms with Gasteiger partial charge in [-0.2, -0.15) is 0 Å². The minimum absolute atomic E-state index is 0.109. The molecule has 13 heavy (non-hydrogen) atoms. The first-order valence-electron chi connectivity index (χ1n) is 4.33. The average molecular weight is 246 g/mol. The molecule has 0 aliphatic rings. The molecule has 1 aromatic carbocycles. The third-order valence-electron chi connectivity index (χ3n) is 2.04. The minimum atomic E-state index is -0.221. The van der Waals surface area contributed by atoms with Crippen molar-refractivity contribution in [1.82, 2.24) is 0 Å². The van der Waals surface area contributed by atoms with Gasteiger partial charge in [0.2, 0.25) is 0 Å². The molecule has 1 atom stereocenters. The van der Waals surface area contributed by atoms with Crippen molar-refractivity contribution in [3.05, 3.63) is 34.1 Å². The lowest BCUT2D eigenvalue weighted by Gasteiger charge is -2.10. The molecule has 3 heteroatoms. The smallest absolute Gasteiger partial charge is 0.137 e. The SMILES string of the molecule is CCC(N)Cc1cccc(F)c1Br. The molecule has 72 valence electrons. The van der Waals surface area contributed by atoms with E-state index >= 15 is 0 Å². The van der Waals surface area contributed by atoms with E-state index in [1.165, 1.54) is 6.07 Å². The summed E-state index contributed by atoms with van der Waals surface area (Å²) in [4.78, 5) is 0. The maximum absolute atomic E-state index is 13.0. The lowest BCUT2D eigenvalue weighted by atomic mass is 10.0. The Morgan fingerprint density at radius 1 is 1.54 bits per heavy atom. The van der Waals surface area contributed by atoms with Crippen molar-refractivity contribution in [1.29, 1.82) is 0 Å². The quantitative estimate of drug-likeness (QED) is 0.871. The van der Waals surface area contributed by atoms with Crippen LogP contribution in [0.2, 0.25) is 0 Å². The molecule has 0 saturated carbocycles. The van der Waals surface area contributed by atoms with Crippen LogP contribution in [-0.4, -0.2) is 6.04 Å². The second-order valence-electron chi connectivity index (χ2n) is 3.09. The lowest BCUT2D eigenvalue weighted by molar-refractivity contribution is 0.607. The van der Waals surface area contributed by atoms with Crippen LogP contribution >= 0.6 is 15.9 Å². The van der Waals surface area contributed by atoms with Gasteiger partial charge in [0.1, 0.15) is 5.82 Å². The van der Waals surface area contributed by atoms with Gasteiger partial charge in [-0.25, -0.2) is 4.39 Å². The van der Waals surface area contributed by atoms with E-state index < -0.39 is 0 Å². The van der Waals surface area contributed by atoms with Crippen LogP contribution in [0.1, 0.15) is 18.9 Å². The van der Waals surface area contributed by atoms with E-state index in [0.29, 0.717) is 4.47 Å². The maximum Gasteiger partial charge on any atom is 0.137 e. The number of rotatable bonds is 3. The summed E-state index contributed by atoms with van der Waals surface area (Å²) in [5.74, 6) is -0.221. The van der Waals surface area contributed by atoms with Crippen LogP contribution in [0.4, 0.5) is 4.39 Å². The van der Waals surface area contributed by atoms with Gasteiger partial charge in [-0.05, 0) is 40.4 Å². The van der Waals surface area contributed by atoms with Crippen LogP contribution in [0.3, 0.4) is 0 Å². The second-order valence-corrected chi connectivity index (χ2v) is 3.88. The summed E-state index contributed by atoms with van der Waals surface area (Å²) < 4.78 is 13.6. The normalized spacial score (nSPS) is 12.9. The predicted octanol–water partition coefficient (Wildman–Crippen LogP) is 2.87. The molecule has 0 aromatic heterocycles. The Morgan fingerprint density at radius 2 is 2.23 bits per heavy atom. The molecule has 0 saturated heterocycles. The molecule has 0 radical (unpaired) electrons. The zero-order valence-corrected chi connectivity index (χ0v) is 9.14. The summed E-state index contributed by atoms with van der Waals surface area (Å²) in [7, 11) is 0. The lowest BCUT2D eigenvalue weighted by Crippen LogP contribution is -2.21. The predicted molar refractivity (Wildman–Crippen MR) is 56.1 cm³/mol. The van der Waals surface area contributed by atoms with E-state index in [4.69, 9.17) is 5.73 Å². The van der Waals surface area contributed by atoms with Crippen LogP contribution in [0.25, 0.3) is 0 Å². The van der Waals surface area contributed by atoms with E-state index in [9.17, 15) is 4.39 Å². The van der Waals surface area contributed by atoms with Gasteiger partial charge < -0.3 is 5.73 Å². The molecule has 0 aliphatic heterocycles. The molecule has 0 heterocycles. The number of benzene rings is 1. The summed E-state index contributed by atoms with van der Waals surface area (Å²) in [5.41, 5.74) is 6.72. The molecular formula is C10H13BrFN. The fourth-order valence-electron chi connectivity index (χ4n) is 1.13. The highest BCUT2D eigenvalue weighted by Crippen LogP contribution is 2.21. The average Bonchev–Trinajstić information content (AvgIpc) is 2.13. The molecule has 0 fully saturated rings. The summed E-state index contributed by atoms with van der Waals surface area (Å²) in [6.07, 6.45) is 1.62. The van der Waals surface area contributed by atoms with Crippen molar-refractivity contribution >= 4 is 15.9 Å². The Balaban J connectivity index is 2.83. The molecule has 0 spiro atoms. The van der Waals surface area contributed by atoms with Crippen molar-refractivity contribution in [2.75, 3.05) is 0 Å². The molecule has 1 aromatic rings. The van der Waals surface area contributed by atoms with Crippen LogP contribution < -0.4 is 5.73 Å². The van der Waals surface area contributed by atoms with Crippen molar-refractivity contribution in [2.45, 2.75) is 25.8 Å². The first kappa shape index (κ1) is 10.7. The highest BCUT2D eigenvalue weighted by Gasteiger charge is 2.07. The first-order chi connectivity index (χ1) is 6.15. The van der Waals surface area contributed by atoms with Gasteiger partial charge in [0.15, 0.2) is 0 Å². The van der Waals surface area contributed by atoms with E-state index in [-0.39, 0.29) is 11.9 Å². The Hall–Kier alpha value is -0.410. The Labute approximate surface area is 86.3 Å². The van der Waals surface area contributed by atoms with Crippen LogP contribution in [-0.2, 0) is 6.42 Å². The van der Waals surface area contributed by atoms with E-state index in [2.05, 4.69) is 15.9 Å². The van der Waals surface area contributed by atoms with E-state index in [1.54, 1.807) is 6.07 Å². The minimum Gasteiger partial charge on any atom is -0.327 e. The van der Waals surface area contributed by atoms with Crippen LogP contribution in [0.5, 0.6) is 0 Å². The molecule has 1 unspecified atom stereocenters. The largest absolute Gasteiger partial charge is 0.327 e. The first-order valence-corrected chi connectivity index (χ1v) is 5.13. The summed E-state index contributed by atoms with van der Waals surface area (Å²) in [5, 5.41) is 0. The number of hydrogen-bond donors (Lipinski definition) is 1. The molecule has 0 bridgehead atoms. The summed E-state index contributed by atoms with van der Waals surface area (Å²) >= 11 is 3.21. The third kappa shape index (κ3) is 2.78. The Bertz CT molecular complexity index is 288. The summed E-state index contributed by atoms with van der Waals surface area (Å²) in [6, 6.07) is 5.14. The van der Waals surface area contributed by atoms with Gasteiger partial charge in [0.25, 0.3) is 0 Å². The maximum atomic E-state index is 13.0. The molecule has 1 nitrogen and oxygen atoms in total. The number of halogens is 2. The van der Waals surface area contributed by atoms with Gasteiger partial charge in [-0.1, -0.05) is 19.1 Å². The topological polar surface area (TPSA) is 26.0 Å². The number of nitrogens with two attached hydrogens (primary N) is 1. The molecule has 0 amide bonds. The van der Waals surface area contributed by atoms with Crippen LogP contribution in [0, 0.1) is 5.82 Å². The third-order valence-corrected chi connectivity index (χ3v) is 2.93. The van der Waals surface area contributed by atoms with Crippen molar-refractivity contribution in [2.24, 2.45) is 5.73 Å². The highest BCUT2D eigenvalue weighted by molar-refractivity contribution is 9.10. The van der Waals surface area contributed by atoms with Gasteiger partial charge in [0.05, 0.1) is 4.47 Å². The van der Waals surface area contributed by atoms with Gasteiger partial charge in [-0.15, -0.1) is 0 Å². The molecule has 2 N–H and O–H groups in total. The zero-order valence-electron chi connectivity index (χ0n) is 7.56. The van der Waals surface area contributed by atoms with Gasteiger partial charge >= 0.3 is 0 Å². The Kier molecular flexibility index (Phi) is 3.88. The van der Waals surface area contributed by atoms with E-state index in [1.807, 2.05) is 13.0 Å².